The number of halogens is 5. The van der Waals surface area contributed by atoms with Crippen LogP contribution in [-0.4, -0.2) is 156 Å². The van der Waals surface area contributed by atoms with Gasteiger partial charge in [-0.2, -0.15) is 4.68 Å². The minimum atomic E-state index is -4.35. The van der Waals surface area contributed by atoms with Crippen LogP contribution in [0.2, 0.25) is 10.0 Å². The average Bonchev–Trinajstić information content (AvgIpc) is 1.15. The number of amides is 2. The number of rotatable bonds is 18. The quantitative estimate of drug-likeness (QED) is 0.0108. The topological polar surface area (TPSA) is 355 Å². The van der Waals surface area contributed by atoms with E-state index in [0.717, 1.165) is 58.1 Å². The number of ether oxygens (including phenoxy) is 3. The smallest absolute Gasteiger partial charge is 0.442 e. The minimum Gasteiger partial charge on any atom is -0.778 e. The summed E-state index contributed by atoms with van der Waals surface area (Å²) in [7, 11) is -5.77. The number of sulfone groups is 1. The van der Waals surface area contributed by atoms with Gasteiger partial charge >= 0.3 is 11.7 Å². The van der Waals surface area contributed by atoms with Crippen LogP contribution in [0.1, 0.15) is 88.2 Å². The van der Waals surface area contributed by atoms with Gasteiger partial charge in [0.25, 0.3) is 11.6 Å². The van der Waals surface area contributed by atoms with E-state index in [-0.39, 0.29) is 64.2 Å². The Balaban J connectivity index is 0.000000402. The van der Waals surface area contributed by atoms with Crippen molar-refractivity contribution in [3.8, 4) is 29.5 Å². The number of Topliss-reactive ketones (excluding diaryl/α,β-unsaturated/α-hetero) is 3. The number of alkyl halides is 3. The lowest BCUT2D eigenvalue weighted by molar-refractivity contribution is -0.385. The number of aromatic nitrogens is 2. The van der Waals surface area contributed by atoms with Gasteiger partial charge in [-0.1, -0.05) is 110 Å². The molecule has 0 radical (unpaired) electrons. The lowest BCUT2D eigenvalue weighted by Gasteiger charge is -2.35. The van der Waals surface area contributed by atoms with Gasteiger partial charge in [-0.3, -0.25) is 44.2 Å². The van der Waals surface area contributed by atoms with E-state index in [1.165, 1.54) is 12.1 Å². The number of aryl methyl sites for hydroxylation is 2. The van der Waals surface area contributed by atoms with Gasteiger partial charge in [-0.25, -0.2) is 13.2 Å². The van der Waals surface area contributed by atoms with Gasteiger partial charge in [0.2, 0.25) is 11.8 Å². The Hall–Kier alpha value is -6.38. The Labute approximate surface area is 573 Å². The standard InChI is InChI=1S/C15H14Cl2N2O3.C15H22ClNO2.C14H13NO7S.C11H11Cl2NO2.C3H8NO5P.C3H9S/c1-5-6-21-12-8-11(9(16)7-10(12)17)19-14(20)22-13(18-19)15(2,3)4;1-5-13-8-6-7-11(2)15(13)17(14(18)9-16)12(3)10-19-4;1-23(21,22)8-5-6-9(10(7-8)15(19)20)14(18)13-11(16)3-2-4-12(13)17;1-7-6-16-9-5-3-2-4-8(9)14(7)11(15)10(12)13;5-3(6)1-4-2-10(7,8)9;1-4(2)3/h1,7-8H,6H2,2-4H3;6-8,12H,5,9-10H2,1-4H3;5-7,13H,2-4H2,1H3;2-5,7,10H,6H2,1H3;4H,1-2H2,(H,5,6)(H2,7,8,9);1-3H3/q;;;;;+1/p-1. The monoisotopic (exact) mass is 1470 g/mol. The molecule has 1 aromatic heterocycles. The second-order valence-corrected chi connectivity index (χ2v) is 30.2. The second kappa shape index (κ2) is 39.0. The van der Waals surface area contributed by atoms with E-state index < -0.39 is 91.7 Å². The molecular formula is C61H76Cl5N6O19PS2. The summed E-state index contributed by atoms with van der Waals surface area (Å²) in [6, 6.07) is 19.1. The molecule has 3 atom stereocenters. The molecule has 25 nitrogen and oxygen atoms in total. The highest BCUT2D eigenvalue weighted by molar-refractivity contribution is 7.94. The first-order valence-corrected chi connectivity index (χ1v) is 36.4. The molecule has 516 valence electrons. The van der Waals surface area contributed by atoms with Crippen LogP contribution in [0.3, 0.4) is 0 Å². The molecular weight excluding hydrogens is 1390 g/mol. The second-order valence-electron chi connectivity index (χ2n) is 22.0. The van der Waals surface area contributed by atoms with Crippen molar-refractivity contribution in [2.45, 2.75) is 101 Å². The van der Waals surface area contributed by atoms with Crippen LogP contribution in [-0.2, 0) is 65.8 Å². The normalized spacial score (nSPS) is 14.5. The predicted octanol–water partition coefficient (Wildman–Crippen LogP) is 8.99. The number of nitro benzene ring substituents is 1. The molecule has 1 fully saturated rings. The summed E-state index contributed by atoms with van der Waals surface area (Å²) in [5.74, 6) is -2.22. The molecule has 3 unspecified atom stereocenters. The van der Waals surface area contributed by atoms with Crippen LogP contribution < -0.4 is 35.2 Å². The Kier molecular flexibility index (Phi) is 34.7. The average molecular weight is 1470 g/mol. The van der Waals surface area contributed by atoms with E-state index in [1.54, 1.807) is 16.9 Å². The molecule has 5 aromatic rings. The predicted molar refractivity (Wildman–Crippen MR) is 363 cm³/mol. The van der Waals surface area contributed by atoms with E-state index in [4.69, 9.17) is 93.1 Å². The van der Waals surface area contributed by atoms with E-state index in [2.05, 4.69) is 42.8 Å². The Morgan fingerprint density at radius 2 is 1.61 bits per heavy atom. The van der Waals surface area contributed by atoms with Crippen molar-refractivity contribution < 1.29 is 80.2 Å². The number of nitro groups is 1. The number of carbonyl (C=O) groups excluding carboxylic acids is 5. The lowest BCUT2D eigenvalue weighted by atomic mass is 9.81. The fourth-order valence-electron chi connectivity index (χ4n) is 8.47. The van der Waals surface area contributed by atoms with Crippen LogP contribution in [0.4, 0.5) is 17.1 Å². The van der Waals surface area contributed by atoms with E-state index in [0.29, 0.717) is 53.6 Å². The number of carbonyl (C=O) groups is 6. The number of nitrogens with zero attached hydrogens (tertiary/aromatic N) is 5. The Morgan fingerprint density at radius 1 is 1.00 bits per heavy atom. The Bertz CT molecular complexity index is 3720. The van der Waals surface area contributed by atoms with Gasteiger partial charge in [0.1, 0.15) is 44.1 Å². The fourth-order valence-corrected chi connectivity index (χ4v) is 10.4. The number of hydrogen-bond donors (Lipinski definition) is 3. The van der Waals surface area contributed by atoms with Gasteiger partial charge in [-0.05, 0) is 86.0 Å². The highest BCUT2D eigenvalue weighted by Gasteiger charge is 2.39. The van der Waals surface area contributed by atoms with E-state index >= 15 is 0 Å². The van der Waals surface area contributed by atoms with Crippen LogP contribution >= 0.6 is 65.6 Å². The molecule has 1 saturated carbocycles. The van der Waals surface area contributed by atoms with Crippen molar-refractivity contribution in [2.24, 2.45) is 5.92 Å². The first-order chi connectivity index (χ1) is 43.7. The molecule has 94 heavy (non-hydrogen) atoms. The molecule has 1 aliphatic heterocycles. The zero-order valence-corrected chi connectivity index (χ0v) is 59.9. The molecule has 0 spiro atoms. The number of carboxylic acids is 1. The third-order valence-electron chi connectivity index (χ3n) is 12.6. The molecule has 7 rings (SSSR count). The first kappa shape index (κ1) is 83.7. The summed E-state index contributed by atoms with van der Waals surface area (Å²) in [5, 5.41) is 25.8. The minimum absolute atomic E-state index is 0.0223. The summed E-state index contributed by atoms with van der Waals surface area (Å²) < 4.78 is 55.2. The number of terminal acetylenes is 1. The van der Waals surface area contributed by atoms with Gasteiger partial charge in [0.05, 0.1) is 92.8 Å². The van der Waals surface area contributed by atoms with Gasteiger partial charge in [-0.15, -0.1) is 23.1 Å². The SMILES string of the molecule is C#CCOc1cc(-n2nc(C(C)(C)C)oc2=O)c(Cl)cc1Cl.CC1COc2ccccc2N1C(=O)C(Cl)Cl.CCc1cccc(C)c1N(C(=O)CCl)C(C)COC.CS(=O)(=O)c1ccc(C(=O)C2C(=O)CCCC2=O)c([N+](=O)[O-])c1.C[S+](C)C.O=C(O)CNCP(=O)([O-])O. The number of hydrogen-bond acceptors (Lipinski definition) is 19. The van der Waals surface area contributed by atoms with Crippen molar-refractivity contribution in [3.05, 3.63) is 126 Å². The Morgan fingerprint density at radius 3 is 2.11 bits per heavy atom. The third kappa shape index (κ3) is 26.3. The maximum absolute atomic E-state index is 12.4. The summed E-state index contributed by atoms with van der Waals surface area (Å²) in [5.41, 5.74) is 2.66. The van der Waals surface area contributed by atoms with E-state index in [1.807, 2.05) is 83.3 Å². The van der Waals surface area contributed by atoms with Gasteiger partial charge in [0, 0.05) is 43.8 Å². The third-order valence-corrected chi connectivity index (χ3v) is 15.5. The molecule has 2 aliphatic rings. The summed E-state index contributed by atoms with van der Waals surface area (Å²) in [6.45, 7) is 14.1. The van der Waals surface area contributed by atoms with Crippen molar-refractivity contribution in [1.29, 1.82) is 0 Å². The number of ketones is 3. The summed E-state index contributed by atoms with van der Waals surface area (Å²) >= 11 is 29.2. The zero-order valence-electron chi connectivity index (χ0n) is 53.6. The number of nitrogens with one attached hydrogen (secondary N) is 1. The largest absolute Gasteiger partial charge is 0.778 e. The summed E-state index contributed by atoms with van der Waals surface area (Å²) in [4.78, 5) is 112. The number of methoxy groups -OCH3 is 1. The van der Waals surface area contributed by atoms with Crippen LogP contribution in [0, 0.1) is 35.3 Å². The molecule has 0 bridgehead atoms. The molecule has 33 heteroatoms. The first-order valence-electron chi connectivity index (χ1n) is 28.2. The van der Waals surface area contributed by atoms with Crippen LogP contribution in [0.25, 0.3) is 5.69 Å². The number of fused-ring (bicyclic) bond motifs is 1. The zero-order chi connectivity index (χ0) is 71.7. The molecule has 4 aromatic carbocycles. The fraction of sp³-hybridized carbons (Fsp3) is 0.443. The highest BCUT2D eigenvalue weighted by Crippen LogP contribution is 2.36. The van der Waals surface area contributed by atoms with Gasteiger partial charge in [0.15, 0.2) is 32.0 Å². The number of carboxylic acid groups (broad SMARTS) is 1. The van der Waals surface area contributed by atoms with Crippen molar-refractivity contribution in [3.63, 3.8) is 0 Å². The van der Waals surface area contributed by atoms with Gasteiger partial charge < -0.3 is 47.9 Å². The maximum atomic E-state index is 12.4. The molecule has 1 aliphatic carbocycles. The number of benzene rings is 4. The summed E-state index contributed by atoms with van der Waals surface area (Å²) in [6.07, 6.45) is 13.3. The van der Waals surface area contributed by atoms with Crippen LogP contribution in [0.15, 0.2) is 86.9 Å². The van der Waals surface area contributed by atoms with Crippen molar-refractivity contribution in [2.75, 3.05) is 80.5 Å². The molecule has 2 amide bonds. The molecule has 3 N–H and O–H groups in total. The maximum Gasteiger partial charge on any atom is 0.442 e. The highest BCUT2D eigenvalue weighted by atomic mass is 35.5. The number of aliphatic carboxylic acids is 1. The number of para-hydroxylation sites is 3. The van der Waals surface area contributed by atoms with Crippen molar-refractivity contribution in [1.82, 2.24) is 15.1 Å². The van der Waals surface area contributed by atoms with E-state index in [9.17, 15) is 61.6 Å². The van der Waals surface area contributed by atoms with Crippen molar-refractivity contribution >= 4 is 139 Å². The number of anilines is 2. The molecule has 2 heterocycles. The van der Waals surface area contributed by atoms with Crippen LogP contribution in [0.5, 0.6) is 11.5 Å². The lowest BCUT2D eigenvalue weighted by Crippen LogP contribution is -2.47. The molecule has 0 saturated heterocycles.